The molecule has 1 aliphatic heterocycles. The van der Waals surface area contributed by atoms with Gasteiger partial charge in [0.2, 0.25) is 5.91 Å². The molecule has 2 atom stereocenters. The Hall–Kier alpha value is -3.92. The zero-order valence-electron chi connectivity index (χ0n) is 18.2. The lowest BCUT2D eigenvalue weighted by molar-refractivity contribution is -0.137. The van der Waals surface area contributed by atoms with Crippen molar-refractivity contribution in [1.29, 1.82) is 0 Å². The van der Waals surface area contributed by atoms with E-state index in [0.717, 1.165) is 5.56 Å². The van der Waals surface area contributed by atoms with E-state index in [4.69, 9.17) is 0 Å². The average molecular weight is 453 g/mol. The Morgan fingerprint density at radius 2 is 1.97 bits per heavy atom. The van der Waals surface area contributed by atoms with Crippen molar-refractivity contribution in [3.63, 3.8) is 0 Å². The summed E-state index contributed by atoms with van der Waals surface area (Å²) in [7, 11) is 0. The van der Waals surface area contributed by atoms with Gasteiger partial charge in [0.25, 0.3) is 5.91 Å². The number of nitrogens with zero attached hydrogens (tertiary/aromatic N) is 1. The number of hydrogen-bond acceptors (Lipinski definition) is 7. The van der Waals surface area contributed by atoms with E-state index in [9.17, 15) is 24.6 Å². The van der Waals surface area contributed by atoms with Crippen molar-refractivity contribution in [1.82, 2.24) is 16.0 Å². The molecule has 0 aromatic heterocycles. The maximum Gasteiger partial charge on any atom is 0.305 e. The molecule has 33 heavy (non-hydrogen) atoms. The third-order valence-electron chi connectivity index (χ3n) is 5.04. The minimum atomic E-state index is -1.04. The summed E-state index contributed by atoms with van der Waals surface area (Å²) in [6.45, 7) is 2.21. The van der Waals surface area contributed by atoms with Gasteiger partial charge in [0, 0.05) is 17.8 Å². The fourth-order valence-electron chi connectivity index (χ4n) is 3.39. The van der Waals surface area contributed by atoms with Crippen LogP contribution in [0.15, 0.2) is 53.5 Å². The normalized spacial score (nSPS) is 16.1. The zero-order valence-corrected chi connectivity index (χ0v) is 18.2. The standard InChI is InChI=1S/C23H27N5O5/c1-14-5-2-3-8-18(14)19(10-21(31)32)28-20(30)13-24-22(33)15-6-4-7-16(9-15)27-23-25-11-17(29)12-26-23/h2-9,17,19,29H,10-13H2,1H3,(H,24,33)(H,28,30)(H,31,32)(H2,25,26,27). The fraction of sp³-hybridized carbons (Fsp3) is 0.304. The van der Waals surface area contributed by atoms with Crippen LogP contribution in [-0.4, -0.2) is 59.7 Å². The maximum absolute atomic E-state index is 12.5. The van der Waals surface area contributed by atoms with Crippen LogP contribution < -0.4 is 21.3 Å². The molecule has 2 unspecified atom stereocenters. The largest absolute Gasteiger partial charge is 0.481 e. The quantitative estimate of drug-likeness (QED) is 0.346. The highest BCUT2D eigenvalue weighted by molar-refractivity contribution is 5.99. The number of anilines is 1. The Labute approximate surface area is 191 Å². The molecule has 0 fully saturated rings. The first-order valence-electron chi connectivity index (χ1n) is 10.5. The molecular weight excluding hydrogens is 426 g/mol. The number of carboxylic acid groups (broad SMARTS) is 1. The van der Waals surface area contributed by atoms with Gasteiger partial charge >= 0.3 is 5.97 Å². The number of carbonyl (C=O) groups excluding carboxylic acids is 2. The Morgan fingerprint density at radius 3 is 2.67 bits per heavy atom. The van der Waals surface area contributed by atoms with E-state index < -0.39 is 29.9 Å². The highest BCUT2D eigenvalue weighted by Crippen LogP contribution is 2.20. The van der Waals surface area contributed by atoms with Gasteiger partial charge in [-0.15, -0.1) is 0 Å². The predicted molar refractivity (Wildman–Crippen MR) is 123 cm³/mol. The smallest absolute Gasteiger partial charge is 0.305 e. The average Bonchev–Trinajstić information content (AvgIpc) is 2.79. The van der Waals surface area contributed by atoms with Gasteiger partial charge in [-0.3, -0.25) is 19.4 Å². The van der Waals surface area contributed by atoms with Gasteiger partial charge in [-0.25, -0.2) is 0 Å². The van der Waals surface area contributed by atoms with Gasteiger partial charge in [-0.05, 0) is 36.2 Å². The molecule has 1 aliphatic rings. The van der Waals surface area contributed by atoms with Crippen molar-refractivity contribution in [3.8, 4) is 0 Å². The lowest BCUT2D eigenvalue weighted by Crippen LogP contribution is -2.42. The second kappa shape index (κ2) is 11.1. The van der Waals surface area contributed by atoms with E-state index >= 15 is 0 Å². The number of hydrogen-bond donors (Lipinski definition) is 6. The molecule has 0 saturated carbocycles. The molecule has 0 bridgehead atoms. The molecule has 10 nitrogen and oxygen atoms in total. The first kappa shape index (κ1) is 23.7. The molecular formula is C23H27N5O5. The Balaban J connectivity index is 1.57. The molecule has 2 aromatic carbocycles. The number of aliphatic carboxylic acids is 1. The number of β-amino-alcohol motifs (C(OH)–C–C–N with tert-alkyl or cyclic N) is 1. The molecule has 10 heteroatoms. The third kappa shape index (κ3) is 7.04. The Kier molecular flexibility index (Phi) is 7.98. The number of rotatable bonds is 8. The predicted octanol–water partition coefficient (Wildman–Crippen LogP) is 0.789. The van der Waals surface area contributed by atoms with Crippen molar-refractivity contribution in [3.05, 3.63) is 65.2 Å². The minimum absolute atomic E-state index is 0.271. The van der Waals surface area contributed by atoms with E-state index in [2.05, 4.69) is 26.3 Å². The number of guanidine groups is 1. The van der Waals surface area contributed by atoms with Crippen LogP contribution >= 0.6 is 0 Å². The first-order valence-corrected chi connectivity index (χ1v) is 10.5. The SMILES string of the molecule is Cc1ccccc1C(CC(=O)O)NC(=O)CNC(=O)c1cccc(NC2=NCC(O)CN2)c1. The summed E-state index contributed by atoms with van der Waals surface area (Å²) in [5.41, 5.74) is 2.54. The number of aliphatic hydroxyl groups is 1. The molecule has 2 amide bonds. The second-order valence-electron chi connectivity index (χ2n) is 7.69. The number of aliphatic imine (C=N–C) groups is 1. The number of aryl methyl sites for hydroxylation is 1. The topological polar surface area (TPSA) is 152 Å². The number of nitrogens with one attached hydrogen (secondary N) is 4. The minimum Gasteiger partial charge on any atom is -0.481 e. The summed E-state index contributed by atoms with van der Waals surface area (Å²) >= 11 is 0. The lowest BCUT2D eigenvalue weighted by Gasteiger charge is -2.20. The van der Waals surface area contributed by atoms with Crippen LogP contribution in [0.2, 0.25) is 0 Å². The number of carbonyl (C=O) groups is 3. The monoisotopic (exact) mass is 453 g/mol. The van der Waals surface area contributed by atoms with E-state index in [-0.39, 0.29) is 19.5 Å². The summed E-state index contributed by atoms with van der Waals surface area (Å²) in [5, 5.41) is 29.9. The zero-order chi connectivity index (χ0) is 23.8. The van der Waals surface area contributed by atoms with Crippen LogP contribution in [0, 0.1) is 6.92 Å². The summed E-state index contributed by atoms with van der Waals surface area (Å²) in [6.07, 6.45) is -0.799. The van der Waals surface area contributed by atoms with Crippen LogP contribution in [0.3, 0.4) is 0 Å². The van der Waals surface area contributed by atoms with Gasteiger partial charge < -0.3 is 31.5 Å². The van der Waals surface area contributed by atoms with Gasteiger partial charge in [-0.2, -0.15) is 0 Å². The number of benzene rings is 2. The van der Waals surface area contributed by atoms with Crippen LogP contribution in [-0.2, 0) is 9.59 Å². The molecule has 0 aliphatic carbocycles. The Morgan fingerprint density at radius 1 is 1.18 bits per heavy atom. The molecule has 2 aromatic rings. The highest BCUT2D eigenvalue weighted by Gasteiger charge is 2.20. The first-order chi connectivity index (χ1) is 15.8. The molecule has 0 spiro atoms. The molecule has 0 radical (unpaired) electrons. The summed E-state index contributed by atoms with van der Waals surface area (Å²) in [6, 6.07) is 13.2. The van der Waals surface area contributed by atoms with Crippen molar-refractivity contribution >= 4 is 29.4 Å². The summed E-state index contributed by atoms with van der Waals surface area (Å²) in [4.78, 5) is 40.4. The van der Waals surface area contributed by atoms with Crippen LogP contribution in [0.5, 0.6) is 0 Å². The highest BCUT2D eigenvalue weighted by atomic mass is 16.4. The molecule has 174 valence electrons. The Bertz CT molecular complexity index is 1060. The van der Waals surface area contributed by atoms with Crippen LogP contribution in [0.1, 0.15) is 33.9 Å². The molecule has 3 rings (SSSR count). The van der Waals surface area contributed by atoms with Gasteiger partial charge in [0.05, 0.1) is 31.7 Å². The lowest BCUT2D eigenvalue weighted by atomic mass is 9.99. The van der Waals surface area contributed by atoms with Crippen molar-refractivity contribution in [2.75, 3.05) is 25.0 Å². The van der Waals surface area contributed by atoms with Crippen molar-refractivity contribution in [2.45, 2.75) is 25.5 Å². The number of aliphatic hydroxyl groups excluding tert-OH is 1. The summed E-state index contributed by atoms with van der Waals surface area (Å²) in [5.74, 6) is -1.48. The molecule has 0 saturated heterocycles. The molecule has 1 heterocycles. The van der Waals surface area contributed by atoms with Gasteiger partial charge in [-0.1, -0.05) is 30.3 Å². The second-order valence-corrected chi connectivity index (χ2v) is 7.69. The van der Waals surface area contributed by atoms with Crippen molar-refractivity contribution in [2.24, 2.45) is 4.99 Å². The third-order valence-corrected chi connectivity index (χ3v) is 5.04. The van der Waals surface area contributed by atoms with Crippen LogP contribution in [0.4, 0.5) is 5.69 Å². The van der Waals surface area contributed by atoms with E-state index in [1.165, 1.54) is 0 Å². The van der Waals surface area contributed by atoms with Crippen molar-refractivity contribution < 1.29 is 24.6 Å². The number of carboxylic acids is 1. The molecule has 6 N–H and O–H groups in total. The van der Waals surface area contributed by atoms with Gasteiger partial charge in [0.1, 0.15) is 0 Å². The van der Waals surface area contributed by atoms with E-state index in [0.29, 0.717) is 29.3 Å². The van der Waals surface area contributed by atoms with Gasteiger partial charge in [0.15, 0.2) is 5.96 Å². The fourth-order valence-corrected chi connectivity index (χ4v) is 3.39. The maximum atomic E-state index is 12.5. The summed E-state index contributed by atoms with van der Waals surface area (Å²) < 4.78 is 0. The van der Waals surface area contributed by atoms with E-state index in [1.54, 1.807) is 36.4 Å². The number of amides is 2. The van der Waals surface area contributed by atoms with E-state index in [1.807, 2.05) is 19.1 Å². The van der Waals surface area contributed by atoms with Crippen LogP contribution in [0.25, 0.3) is 0 Å².